The minimum absolute atomic E-state index is 0.0378. The van der Waals surface area contributed by atoms with Crippen LogP contribution in [0.1, 0.15) is 13.8 Å². The monoisotopic (exact) mass is 209 g/mol. The van der Waals surface area contributed by atoms with Crippen molar-refractivity contribution in [1.29, 1.82) is 0 Å². The van der Waals surface area contributed by atoms with Crippen LogP contribution in [-0.4, -0.2) is 27.4 Å². The first-order valence-corrected chi connectivity index (χ1v) is 9.51. The molecule has 0 aromatic carbocycles. The van der Waals surface area contributed by atoms with Gasteiger partial charge in [-0.05, 0) is 31.2 Å². The van der Waals surface area contributed by atoms with Crippen LogP contribution in [0.3, 0.4) is 0 Å². The standard InChI is InChI=1S/C7H17F2NSi2/c1-7(2)10-11(3,8)5-6-12(10,4)9/h7H,5-6H2,1-4H3. The molecule has 72 valence electrons. The Labute approximate surface area is 75.3 Å². The fourth-order valence-corrected chi connectivity index (χ4v) is 13.1. The molecule has 2 atom stereocenters. The van der Waals surface area contributed by atoms with Gasteiger partial charge < -0.3 is 0 Å². The molecular weight excluding hydrogens is 192 g/mol. The molecule has 1 nitrogen and oxygen atoms in total. The third kappa shape index (κ3) is 1.62. The summed E-state index contributed by atoms with van der Waals surface area (Å²) in [5, 5.41) is 0. The zero-order chi connectivity index (χ0) is 9.57. The topological polar surface area (TPSA) is 3.24 Å². The lowest BCUT2D eigenvalue weighted by molar-refractivity contribution is 0.438. The van der Waals surface area contributed by atoms with Crippen molar-refractivity contribution in [2.24, 2.45) is 0 Å². The molecule has 0 bridgehead atoms. The van der Waals surface area contributed by atoms with Crippen LogP contribution < -0.4 is 0 Å². The van der Waals surface area contributed by atoms with Crippen molar-refractivity contribution in [2.45, 2.75) is 45.1 Å². The molecular formula is C7H17F2NSi2. The Balaban J connectivity index is 2.89. The van der Waals surface area contributed by atoms with E-state index in [0.717, 1.165) is 0 Å². The van der Waals surface area contributed by atoms with Gasteiger partial charge in [-0.25, -0.2) is 0 Å². The number of hydrogen-bond donors (Lipinski definition) is 0. The molecule has 0 aliphatic carbocycles. The van der Waals surface area contributed by atoms with E-state index in [0.29, 0.717) is 12.1 Å². The lowest BCUT2D eigenvalue weighted by Gasteiger charge is -2.35. The summed E-state index contributed by atoms with van der Waals surface area (Å²) in [6.07, 6.45) is 0. The summed E-state index contributed by atoms with van der Waals surface area (Å²) in [5.74, 6) is 0. The summed E-state index contributed by atoms with van der Waals surface area (Å²) in [5.41, 5.74) is 0. The Bertz CT molecular complexity index is 166. The highest BCUT2D eigenvalue weighted by atomic mass is 28.5. The van der Waals surface area contributed by atoms with E-state index in [1.807, 2.05) is 13.8 Å². The van der Waals surface area contributed by atoms with Crippen molar-refractivity contribution >= 4 is 17.1 Å². The van der Waals surface area contributed by atoms with Crippen molar-refractivity contribution in [3.8, 4) is 0 Å². The Hall–Kier alpha value is 0.254. The molecule has 12 heavy (non-hydrogen) atoms. The third-order valence-electron chi connectivity index (χ3n) is 2.56. The molecule has 2 unspecified atom stereocenters. The lowest BCUT2D eigenvalue weighted by Crippen LogP contribution is -2.56. The average molecular weight is 209 g/mol. The Morgan fingerprint density at radius 2 is 1.42 bits per heavy atom. The molecule has 1 saturated heterocycles. The fraction of sp³-hybridized carbons (Fsp3) is 1.00. The predicted molar refractivity (Wildman–Crippen MR) is 52.0 cm³/mol. The highest BCUT2D eigenvalue weighted by molar-refractivity contribution is 6.90. The number of hydrogen-bond acceptors (Lipinski definition) is 1. The molecule has 0 aromatic heterocycles. The summed E-state index contributed by atoms with van der Waals surface area (Å²) in [6, 6.07) is 1.02. The average Bonchev–Trinajstić information content (AvgIpc) is 2.01. The van der Waals surface area contributed by atoms with Crippen molar-refractivity contribution in [3.63, 3.8) is 0 Å². The maximum atomic E-state index is 13.9. The van der Waals surface area contributed by atoms with Crippen LogP contribution >= 0.6 is 0 Å². The SMILES string of the molecule is CC(C)N1[Si](C)(F)CC[Si]1(C)F. The van der Waals surface area contributed by atoms with Gasteiger partial charge in [-0.2, -0.15) is 0 Å². The first-order valence-electron chi connectivity index (χ1n) is 4.45. The van der Waals surface area contributed by atoms with Gasteiger partial charge in [0, 0.05) is 0 Å². The van der Waals surface area contributed by atoms with E-state index in [1.165, 1.54) is 0 Å². The second-order valence-electron chi connectivity index (χ2n) is 4.25. The molecule has 1 aliphatic rings. The molecule has 0 N–H and O–H groups in total. The quantitative estimate of drug-likeness (QED) is 0.474. The summed E-state index contributed by atoms with van der Waals surface area (Å²) in [6.45, 7) is 7.04. The highest BCUT2D eigenvalue weighted by Gasteiger charge is 2.56. The Morgan fingerprint density at radius 3 is 1.58 bits per heavy atom. The van der Waals surface area contributed by atoms with Gasteiger partial charge in [0.05, 0.1) is 0 Å². The van der Waals surface area contributed by atoms with Crippen LogP contribution in [0.4, 0.5) is 8.22 Å². The van der Waals surface area contributed by atoms with Crippen LogP contribution in [0.25, 0.3) is 0 Å². The smallest absolute Gasteiger partial charge is 0.293 e. The second-order valence-corrected chi connectivity index (χ2v) is 11.2. The minimum atomic E-state index is -2.85. The van der Waals surface area contributed by atoms with Gasteiger partial charge in [0.2, 0.25) is 0 Å². The highest BCUT2D eigenvalue weighted by Crippen LogP contribution is 2.39. The van der Waals surface area contributed by atoms with E-state index in [2.05, 4.69) is 0 Å². The molecule has 1 fully saturated rings. The minimum Gasteiger partial charge on any atom is -0.293 e. The Kier molecular flexibility index (Phi) is 2.48. The van der Waals surface area contributed by atoms with E-state index in [-0.39, 0.29) is 6.04 Å². The van der Waals surface area contributed by atoms with Gasteiger partial charge in [-0.1, -0.05) is 13.8 Å². The van der Waals surface area contributed by atoms with Crippen molar-refractivity contribution in [3.05, 3.63) is 0 Å². The molecule has 1 heterocycles. The van der Waals surface area contributed by atoms with E-state index in [4.69, 9.17) is 0 Å². The van der Waals surface area contributed by atoms with Crippen LogP contribution in [0.15, 0.2) is 0 Å². The molecule has 0 amide bonds. The lowest BCUT2D eigenvalue weighted by atomic mass is 10.4. The van der Waals surface area contributed by atoms with E-state index >= 15 is 0 Å². The van der Waals surface area contributed by atoms with Crippen molar-refractivity contribution in [1.82, 2.24) is 4.23 Å². The zero-order valence-corrected chi connectivity index (χ0v) is 10.2. The maximum absolute atomic E-state index is 13.9. The Morgan fingerprint density at radius 1 is 1.08 bits per heavy atom. The summed E-state index contributed by atoms with van der Waals surface area (Å²) in [4.78, 5) is 0. The summed E-state index contributed by atoms with van der Waals surface area (Å²) < 4.78 is 29.4. The maximum Gasteiger partial charge on any atom is 0.314 e. The second kappa shape index (κ2) is 2.88. The molecule has 1 rings (SSSR count). The van der Waals surface area contributed by atoms with E-state index in [9.17, 15) is 8.22 Å². The third-order valence-corrected chi connectivity index (χ3v) is 11.2. The van der Waals surface area contributed by atoms with Gasteiger partial charge in [0.15, 0.2) is 0 Å². The van der Waals surface area contributed by atoms with Gasteiger partial charge >= 0.3 is 17.1 Å². The molecule has 5 heteroatoms. The number of rotatable bonds is 1. The van der Waals surface area contributed by atoms with Gasteiger partial charge in [0.1, 0.15) is 0 Å². The van der Waals surface area contributed by atoms with E-state index in [1.54, 1.807) is 17.3 Å². The molecule has 0 spiro atoms. The number of halogens is 2. The fourth-order valence-electron chi connectivity index (χ4n) is 2.26. The normalized spacial score (nSPS) is 44.2. The van der Waals surface area contributed by atoms with Crippen molar-refractivity contribution in [2.75, 3.05) is 0 Å². The van der Waals surface area contributed by atoms with Crippen LogP contribution in [0, 0.1) is 0 Å². The van der Waals surface area contributed by atoms with Gasteiger partial charge in [-0.15, -0.1) is 0 Å². The first kappa shape index (κ1) is 10.3. The molecule has 0 radical (unpaired) electrons. The molecule has 0 aromatic rings. The van der Waals surface area contributed by atoms with E-state index < -0.39 is 17.1 Å². The van der Waals surface area contributed by atoms with Crippen LogP contribution in [-0.2, 0) is 0 Å². The first-order chi connectivity index (χ1) is 5.27. The zero-order valence-electron chi connectivity index (χ0n) is 8.19. The van der Waals surface area contributed by atoms with Gasteiger partial charge in [0.25, 0.3) is 0 Å². The predicted octanol–water partition coefficient (Wildman–Crippen LogP) is 2.79. The van der Waals surface area contributed by atoms with Crippen LogP contribution in [0.2, 0.25) is 25.2 Å². The van der Waals surface area contributed by atoms with Gasteiger partial charge in [-0.3, -0.25) is 12.4 Å². The molecule has 0 saturated carbocycles. The largest absolute Gasteiger partial charge is 0.314 e. The summed E-state index contributed by atoms with van der Waals surface area (Å²) >= 11 is 0. The molecule has 1 aliphatic heterocycles. The number of nitrogens with zero attached hydrogens (tertiary/aromatic N) is 1. The van der Waals surface area contributed by atoms with Crippen LogP contribution in [0.5, 0.6) is 0 Å². The summed E-state index contributed by atoms with van der Waals surface area (Å²) in [7, 11) is -5.70. The van der Waals surface area contributed by atoms with Crippen molar-refractivity contribution < 1.29 is 8.22 Å².